The van der Waals surface area contributed by atoms with Gasteiger partial charge in [0.25, 0.3) is 11.6 Å². The Morgan fingerprint density at radius 1 is 1.28 bits per heavy atom. The van der Waals surface area contributed by atoms with E-state index in [-0.39, 0.29) is 35.4 Å². The Bertz CT molecular complexity index is 911. The summed E-state index contributed by atoms with van der Waals surface area (Å²) in [5, 5.41) is 13.2. The van der Waals surface area contributed by atoms with Crippen LogP contribution in [-0.2, 0) is 10.9 Å². The molecule has 29 heavy (non-hydrogen) atoms. The highest BCUT2D eigenvalue weighted by molar-refractivity contribution is 6.05. The molecular weight excluding hydrogens is 393 g/mol. The predicted molar refractivity (Wildman–Crippen MR) is 97.0 cm³/mol. The molecule has 1 amide bonds. The molecular formula is C19H17F3N2O5. The minimum Gasteiger partial charge on any atom is -0.489 e. The number of amides is 1. The van der Waals surface area contributed by atoms with Crippen molar-refractivity contribution in [3.05, 3.63) is 63.7 Å². The van der Waals surface area contributed by atoms with Crippen molar-refractivity contribution in [3.8, 4) is 5.75 Å². The average molecular weight is 410 g/mol. The number of nitrogens with zero attached hydrogens (tertiary/aromatic N) is 1. The largest absolute Gasteiger partial charge is 0.489 e. The lowest BCUT2D eigenvalue weighted by Crippen LogP contribution is -2.19. The van der Waals surface area contributed by atoms with Gasteiger partial charge < -0.3 is 14.8 Å². The van der Waals surface area contributed by atoms with Crippen molar-refractivity contribution in [2.45, 2.75) is 25.1 Å². The van der Waals surface area contributed by atoms with Gasteiger partial charge in [-0.1, -0.05) is 6.07 Å². The predicted octanol–water partition coefficient (Wildman–Crippen LogP) is 4.42. The number of non-ortho nitro benzene ring substituents is 1. The van der Waals surface area contributed by atoms with Crippen molar-refractivity contribution >= 4 is 17.3 Å². The maximum absolute atomic E-state index is 13.1. The van der Waals surface area contributed by atoms with E-state index in [0.29, 0.717) is 6.61 Å². The van der Waals surface area contributed by atoms with Gasteiger partial charge in [0, 0.05) is 24.3 Å². The Morgan fingerprint density at radius 3 is 2.72 bits per heavy atom. The molecule has 1 saturated heterocycles. The van der Waals surface area contributed by atoms with Crippen LogP contribution in [0.5, 0.6) is 5.75 Å². The van der Waals surface area contributed by atoms with Crippen molar-refractivity contribution < 1.29 is 32.4 Å². The van der Waals surface area contributed by atoms with Crippen LogP contribution in [0.15, 0.2) is 42.5 Å². The van der Waals surface area contributed by atoms with Crippen molar-refractivity contribution in [2.75, 3.05) is 18.5 Å². The standard InChI is InChI=1S/C19H17F3N2O5/c20-19(21,22)13-6-7-17(29-11-15-5-2-8-28-15)16(10-13)23-18(25)12-3-1-4-14(9-12)24(26)27/h1,3-4,6-7,9-10,15H,2,5,8,11H2,(H,23,25)/t15-/m0/s1. The van der Waals surface area contributed by atoms with Crippen LogP contribution in [0.25, 0.3) is 0 Å². The molecule has 0 saturated carbocycles. The zero-order valence-electron chi connectivity index (χ0n) is 15.1. The molecule has 1 fully saturated rings. The maximum Gasteiger partial charge on any atom is 0.416 e. The van der Waals surface area contributed by atoms with Crippen LogP contribution in [-0.4, -0.2) is 30.1 Å². The van der Waals surface area contributed by atoms with E-state index >= 15 is 0 Å². The first kappa shape index (κ1) is 20.6. The minimum atomic E-state index is -4.61. The third-order valence-electron chi connectivity index (χ3n) is 4.32. The molecule has 2 aromatic rings. The fourth-order valence-electron chi connectivity index (χ4n) is 2.84. The molecule has 1 atom stereocenters. The second-order valence-corrected chi connectivity index (χ2v) is 6.42. The number of nitro benzene ring substituents is 1. The summed E-state index contributed by atoms with van der Waals surface area (Å²) in [5.74, 6) is -0.748. The van der Waals surface area contributed by atoms with E-state index in [1.807, 2.05) is 0 Å². The minimum absolute atomic E-state index is 0.0484. The van der Waals surface area contributed by atoms with Crippen LogP contribution in [0.2, 0.25) is 0 Å². The van der Waals surface area contributed by atoms with Crippen LogP contribution in [0.1, 0.15) is 28.8 Å². The molecule has 0 aromatic heterocycles. The number of hydrogen-bond acceptors (Lipinski definition) is 5. The van der Waals surface area contributed by atoms with Gasteiger partial charge >= 0.3 is 6.18 Å². The molecule has 154 valence electrons. The lowest BCUT2D eigenvalue weighted by atomic mass is 10.1. The Hall–Kier alpha value is -3.14. The maximum atomic E-state index is 13.1. The molecule has 0 unspecified atom stereocenters. The molecule has 1 aliphatic rings. The van der Waals surface area contributed by atoms with Gasteiger partial charge in [0.05, 0.1) is 22.3 Å². The summed E-state index contributed by atoms with van der Waals surface area (Å²) in [4.78, 5) is 22.7. The van der Waals surface area contributed by atoms with Gasteiger partial charge in [0.1, 0.15) is 12.4 Å². The van der Waals surface area contributed by atoms with Crippen molar-refractivity contribution in [2.24, 2.45) is 0 Å². The highest BCUT2D eigenvalue weighted by Gasteiger charge is 2.31. The van der Waals surface area contributed by atoms with Gasteiger partial charge in [0.2, 0.25) is 0 Å². The second kappa shape index (κ2) is 8.48. The third kappa shape index (κ3) is 5.23. The highest BCUT2D eigenvalue weighted by Crippen LogP contribution is 2.35. The zero-order valence-corrected chi connectivity index (χ0v) is 15.1. The summed E-state index contributed by atoms with van der Waals surface area (Å²) in [6.07, 6.45) is -3.14. The highest BCUT2D eigenvalue weighted by atomic mass is 19.4. The van der Waals surface area contributed by atoms with Crippen LogP contribution in [0, 0.1) is 10.1 Å². The van der Waals surface area contributed by atoms with E-state index in [4.69, 9.17) is 9.47 Å². The number of alkyl halides is 3. The van der Waals surface area contributed by atoms with Gasteiger partial charge in [-0.3, -0.25) is 14.9 Å². The number of rotatable bonds is 6. The first-order valence-corrected chi connectivity index (χ1v) is 8.75. The summed E-state index contributed by atoms with van der Waals surface area (Å²) in [7, 11) is 0. The fraction of sp³-hybridized carbons (Fsp3) is 0.316. The lowest BCUT2D eigenvalue weighted by molar-refractivity contribution is -0.384. The Morgan fingerprint density at radius 2 is 2.07 bits per heavy atom. The van der Waals surface area contributed by atoms with Crippen LogP contribution >= 0.6 is 0 Å². The quantitative estimate of drug-likeness (QED) is 0.562. The molecule has 3 rings (SSSR count). The number of benzene rings is 2. The van der Waals surface area contributed by atoms with E-state index in [2.05, 4.69) is 5.32 Å². The Balaban J connectivity index is 1.84. The van der Waals surface area contributed by atoms with Gasteiger partial charge in [-0.25, -0.2) is 0 Å². The number of ether oxygens (including phenoxy) is 2. The topological polar surface area (TPSA) is 90.7 Å². The van der Waals surface area contributed by atoms with Crippen LogP contribution in [0.3, 0.4) is 0 Å². The normalized spacial score (nSPS) is 16.4. The van der Waals surface area contributed by atoms with Crippen molar-refractivity contribution in [3.63, 3.8) is 0 Å². The van der Waals surface area contributed by atoms with E-state index in [1.54, 1.807) is 0 Å². The molecule has 0 aliphatic carbocycles. The van der Waals surface area contributed by atoms with Gasteiger partial charge in [0.15, 0.2) is 0 Å². The summed E-state index contributed by atoms with van der Waals surface area (Å²) in [6.45, 7) is 0.725. The molecule has 0 spiro atoms. The van der Waals surface area contributed by atoms with E-state index in [9.17, 15) is 28.1 Å². The molecule has 0 bridgehead atoms. The lowest BCUT2D eigenvalue weighted by Gasteiger charge is -2.17. The first-order chi connectivity index (χ1) is 13.7. The molecule has 1 heterocycles. The van der Waals surface area contributed by atoms with Gasteiger partial charge in [-0.2, -0.15) is 13.2 Å². The third-order valence-corrected chi connectivity index (χ3v) is 4.32. The number of carbonyl (C=O) groups excluding carboxylic acids is 1. The van der Waals surface area contributed by atoms with Crippen LogP contribution < -0.4 is 10.1 Å². The van der Waals surface area contributed by atoms with E-state index in [0.717, 1.165) is 37.1 Å². The van der Waals surface area contributed by atoms with Gasteiger partial charge in [-0.15, -0.1) is 0 Å². The number of nitrogens with one attached hydrogen (secondary N) is 1. The number of anilines is 1. The molecule has 2 aromatic carbocycles. The monoisotopic (exact) mass is 410 g/mol. The molecule has 10 heteroatoms. The fourth-order valence-corrected chi connectivity index (χ4v) is 2.84. The number of nitro groups is 1. The summed E-state index contributed by atoms with van der Waals surface area (Å²) in [6, 6.07) is 7.62. The number of hydrogen-bond donors (Lipinski definition) is 1. The van der Waals surface area contributed by atoms with Crippen molar-refractivity contribution in [1.29, 1.82) is 0 Å². The van der Waals surface area contributed by atoms with Gasteiger partial charge in [-0.05, 0) is 37.1 Å². The second-order valence-electron chi connectivity index (χ2n) is 6.42. The molecule has 0 radical (unpaired) electrons. The van der Waals surface area contributed by atoms with Crippen LogP contribution in [0.4, 0.5) is 24.5 Å². The SMILES string of the molecule is O=C(Nc1cc(C(F)(F)F)ccc1OC[C@@H]1CCCO1)c1cccc([N+](=O)[O-])c1. The molecule has 1 aliphatic heterocycles. The van der Waals surface area contributed by atoms with Crippen molar-refractivity contribution in [1.82, 2.24) is 0 Å². The smallest absolute Gasteiger partial charge is 0.416 e. The Labute approximate surface area is 163 Å². The first-order valence-electron chi connectivity index (χ1n) is 8.75. The number of halogens is 3. The molecule has 7 nitrogen and oxygen atoms in total. The number of carbonyl (C=O) groups is 1. The summed E-state index contributed by atoms with van der Waals surface area (Å²) < 4.78 is 50.2. The molecule has 1 N–H and O–H groups in total. The van der Waals surface area contributed by atoms with E-state index < -0.39 is 22.6 Å². The summed E-state index contributed by atoms with van der Waals surface area (Å²) >= 11 is 0. The Kier molecular flexibility index (Phi) is 6.02. The summed E-state index contributed by atoms with van der Waals surface area (Å²) in [5.41, 5.74) is -1.52. The zero-order chi connectivity index (χ0) is 21.0. The average Bonchev–Trinajstić information content (AvgIpc) is 3.20. The van der Waals surface area contributed by atoms with E-state index in [1.165, 1.54) is 18.2 Å².